The number of aromatic nitrogens is 5. The van der Waals surface area contributed by atoms with Gasteiger partial charge in [-0.15, -0.1) is 0 Å². The highest BCUT2D eigenvalue weighted by Gasteiger charge is 2.21. The molecule has 0 aliphatic carbocycles. The Hall–Kier alpha value is -3.89. The quantitative estimate of drug-likeness (QED) is 0.442. The summed E-state index contributed by atoms with van der Waals surface area (Å²) in [4.78, 5) is 29.6. The number of rotatable bonds is 5. The molecular formula is C21H16Cl2N6O4. The molecule has 10 nitrogen and oxygen atoms in total. The van der Waals surface area contributed by atoms with E-state index in [9.17, 15) is 14.7 Å². The van der Waals surface area contributed by atoms with Crippen LogP contribution < -0.4 is 15.6 Å². The predicted octanol–water partition coefficient (Wildman–Crippen LogP) is 3.39. The molecule has 33 heavy (non-hydrogen) atoms. The first-order valence-corrected chi connectivity index (χ1v) is 10.2. The van der Waals surface area contributed by atoms with E-state index in [0.29, 0.717) is 22.2 Å². The number of nitrogens with one attached hydrogen (secondary N) is 1. The zero-order valence-corrected chi connectivity index (χ0v) is 18.8. The van der Waals surface area contributed by atoms with Crippen molar-refractivity contribution in [3.8, 4) is 23.0 Å². The number of aryl methyl sites for hydroxylation is 1. The number of carbonyl (C=O) groups is 1. The van der Waals surface area contributed by atoms with Crippen LogP contribution in [0.5, 0.6) is 11.5 Å². The molecule has 0 radical (unpaired) electrons. The summed E-state index contributed by atoms with van der Waals surface area (Å²) in [6, 6.07) is 10.6. The van der Waals surface area contributed by atoms with Crippen molar-refractivity contribution >= 4 is 34.9 Å². The molecule has 3 heterocycles. The lowest BCUT2D eigenvalue weighted by molar-refractivity contribution is 0.101. The van der Waals surface area contributed by atoms with Crippen LogP contribution in [0, 0.1) is 6.92 Å². The van der Waals surface area contributed by atoms with Crippen molar-refractivity contribution in [2.75, 3.05) is 12.4 Å². The van der Waals surface area contributed by atoms with E-state index in [1.807, 2.05) is 0 Å². The topological polar surface area (TPSA) is 124 Å². The zero-order valence-electron chi connectivity index (χ0n) is 17.3. The van der Waals surface area contributed by atoms with Gasteiger partial charge in [0.05, 0.1) is 22.8 Å². The standard InChI is InChI=1S/C21H16Cl2N6O4/c1-11-7-17(29(26-11)20-13(23)8-12(22)10-24-20)25-21(32)19-15(30)9-18(31)28(27-19)14-5-3-4-6-16(14)33-2/h3-10,30H,1-2H3,(H,25,32). The summed E-state index contributed by atoms with van der Waals surface area (Å²) < 4.78 is 7.55. The van der Waals surface area contributed by atoms with E-state index >= 15 is 0 Å². The minimum atomic E-state index is -0.789. The Morgan fingerprint density at radius 2 is 1.88 bits per heavy atom. The van der Waals surface area contributed by atoms with Crippen LogP contribution in [0.4, 0.5) is 5.82 Å². The lowest BCUT2D eigenvalue weighted by Crippen LogP contribution is -2.26. The van der Waals surface area contributed by atoms with Crippen molar-refractivity contribution in [1.29, 1.82) is 0 Å². The molecule has 168 valence electrons. The summed E-state index contributed by atoms with van der Waals surface area (Å²) >= 11 is 12.1. The van der Waals surface area contributed by atoms with Crippen LogP contribution >= 0.6 is 23.2 Å². The number of hydrogen-bond donors (Lipinski definition) is 2. The maximum absolute atomic E-state index is 13.0. The van der Waals surface area contributed by atoms with Gasteiger partial charge in [0, 0.05) is 18.3 Å². The molecule has 3 aromatic heterocycles. The SMILES string of the molecule is COc1ccccc1-n1nc(C(=O)Nc2cc(C)nn2-c2ncc(Cl)cc2Cl)c(O)cc1=O. The number of hydrogen-bond acceptors (Lipinski definition) is 7. The number of anilines is 1. The van der Waals surface area contributed by atoms with E-state index in [0.717, 1.165) is 10.7 Å². The van der Waals surface area contributed by atoms with Gasteiger partial charge in [0.2, 0.25) is 0 Å². The average molecular weight is 487 g/mol. The summed E-state index contributed by atoms with van der Waals surface area (Å²) in [5, 5.41) is 21.8. The number of aromatic hydroxyl groups is 1. The van der Waals surface area contributed by atoms with Crippen LogP contribution in [-0.2, 0) is 0 Å². The van der Waals surface area contributed by atoms with Gasteiger partial charge >= 0.3 is 0 Å². The minimum absolute atomic E-state index is 0.213. The highest BCUT2D eigenvalue weighted by atomic mass is 35.5. The second kappa shape index (κ2) is 8.93. The molecule has 4 rings (SSSR count). The number of para-hydroxylation sites is 2. The maximum atomic E-state index is 13.0. The number of carbonyl (C=O) groups excluding carboxylic acids is 1. The Morgan fingerprint density at radius 3 is 2.61 bits per heavy atom. The Labute approximate surface area is 197 Å². The van der Waals surface area contributed by atoms with Gasteiger partial charge in [-0.1, -0.05) is 35.3 Å². The first-order chi connectivity index (χ1) is 15.8. The molecule has 0 fully saturated rings. The van der Waals surface area contributed by atoms with Gasteiger partial charge in [-0.3, -0.25) is 9.59 Å². The number of pyridine rings is 1. The highest BCUT2D eigenvalue weighted by molar-refractivity contribution is 6.35. The molecule has 0 unspecified atom stereocenters. The van der Waals surface area contributed by atoms with E-state index < -0.39 is 17.2 Å². The summed E-state index contributed by atoms with van der Waals surface area (Å²) in [6.07, 6.45) is 1.39. The molecule has 12 heteroatoms. The molecule has 2 N–H and O–H groups in total. The number of nitrogens with zero attached hydrogens (tertiary/aromatic N) is 5. The minimum Gasteiger partial charge on any atom is -0.505 e. The summed E-state index contributed by atoms with van der Waals surface area (Å²) in [5.41, 5.74) is -0.168. The molecule has 1 amide bonds. The summed E-state index contributed by atoms with van der Waals surface area (Å²) in [5.74, 6) is -0.566. The van der Waals surface area contributed by atoms with Crippen molar-refractivity contribution in [3.63, 3.8) is 0 Å². The van der Waals surface area contributed by atoms with Crippen LogP contribution in [0.15, 0.2) is 53.5 Å². The van der Waals surface area contributed by atoms with Gasteiger partial charge in [-0.05, 0) is 25.1 Å². The molecule has 0 aliphatic heterocycles. The first kappa shape index (κ1) is 22.3. The fraction of sp³-hybridized carbons (Fsp3) is 0.0952. The summed E-state index contributed by atoms with van der Waals surface area (Å²) in [6.45, 7) is 1.72. The van der Waals surface area contributed by atoms with Crippen LogP contribution in [0.1, 0.15) is 16.2 Å². The number of halogens is 2. The van der Waals surface area contributed by atoms with Gasteiger partial charge in [0.15, 0.2) is 17.3 Å². The van der Waals surface area contributed by atoms with Crippen LogP contribution in [0.25, 0.3) is 11.5 Å². The number of benzene rings is 1. The van der Waals surface area contributed by atoms with Gasteiger partial charge < -0.3 is 15.2 Å². The van der Waals surface area contributed by atoms with Gasteiger partial charge in [-0.25, -0.2) is 4.98 Å². The summed E-state index contributed by atoms with van der Waals surface area (Å²) in [7, 11) is 1.44. The number of methoxy groups -OCH3 is 1. The molecule has 0 atom stereocenters. The molecular weight excluding hydrogens is 471 g/mol. The number of ether oxygens (including phenoxy) is 1. The smallest absolute Gasteiger partial charge is 0.281 e. The molecule has 0 aliphatic rings. The molecule has 0 saturated heterocycles. The second-order valence-corrected chi connectivity index (χ2v) is 7.64. The molecule has 0 bridgehead atoms. The monoisotopic (exact) mass is 486 g/mol. The van der Waals surface area contributed by atoms with E-state index in [1.165, 1.54) is 24.1 Å². The van der Waals surface area contributed by atoms with E-state index in [2.05, 4.69) is 20.5 Å². The number of amides is 1. The van der Waals surface area contributed by atoms with Crippen molar-refractivity contribution in [1.82, 2.24) is 24.5 Å². The van der Waals surface area contributed by atoms with Gasteiger partial charge in [-0.2, -0.15) is 19.6 Å². The largest absolute Gasteiger partial charge is 0.505 e. The third-order valence-electron chi connectivity index (χ3n) is 4.50. The molecule has 0 saturated carbocycles. The van der Waals surface area contributed by atoms with Crippen LogP contribution in [0.2, 0.25) is 10.0 Å². The predicted molar refractivity (Wildman–Crippen MR) is 122 cm³/mol. The van der Waals surface area contributed by atoms with E-state index in [4.69, 9.17) is 27.9 Å². The Kier molecular flexibility index (Phi) is 6.03. The fourth-order valence-electron chi connectivity index (χ4n) is 3.07. The second-order valence-electron chi connectivity index (χ2n) is 6.80. The average Bonchev–Trinajstić information content (AvgIpc) is 3.13. The van der Waals surface area contributed by atoms with Crippen LogP contribution in [0.3, 0.4) is 0 Å². The van der Waals surface area contributed by atoms with E-state index in [1.54, 1.807) is 37.3 Å². The van der Waals surface area contributed by atoms with Crippen LogP contribution in [-0.4, -0.2) is 42.7 Å². The maximum Gasteiger partial charge on any atom is 0.281 e. The third-order valence-corrected chi connectivity index (χ3v) is 4.99. The Bertz CT molecular complexity index is 1430. The van der Waals surface area contributed by atoms with Gasteiger partial charge in [0.1, 0.15) is 17.3 Å². The normalized spacial score (nSPS) is 10.8. The molecule has 4 aromatic rings. The highest BCUT2D eigenvalue weighted by Crippen LogP contribution is 2.26. The van der Waals surface area contributed by atoms with Crippen molar-refractivity contribution < 1.29 is 14.6 Å². The third kappa shape index (κ3) is 4.38. The Morgan fingerprint density at radius 1 is 1.12 bits per heavy atom. The first-order valence-electron chi connectivity index (χ1n) is 9.44. The van der Waals surface area contributed by atoms with Crippen molar-refractivity contribution in [2.45, 2.75) is 6.92 Å². The lowest BCUT2D eigenvalue weighted by atomic mass is 10.3. The van der Waals surface area contributed by atoms with E-state index in [-0.39, 0.29) is 22.4 Å². The molecule has 0 spiro atoms. The lowest BCUT2D eigenvalue weighted by Gasteiger charge is -2.12. The van der Waals surface area contributed by atoms with Crippen molar-refractivity contribution in [2.24, 2.45) is 0 Å². The zero-order chi connectivity index (χ0) is 23.7. The fourth-order valence-corrected chi connectivity index (χ4v) is 3.53. The Balaban J connectivity index is 1.74. The van der Waals surface area contributed by atoms with Gasteiger partial charge in [0.25, 0.3) is 11.5 Å². The van der Waals surface area contributed by atoms with Crippen molar-refractivity contribution in [3.05, 3.63) is 80.4 Å². The molecule has 1 aromatic carbocycles.